The molecule has 3 aromatic rings. The van der Waals surface area contributed by atoms with Crippen LogP contribution in [0, 0.1) is 6.92 Å². The van der Waals surface area contributed by atoms with Crippen LogP contribution in [0.5, 0.6) is 5.88 Å². The van der Waals surface area contributed by atoms with Crippen LogP contribution < -0.4 is 4.74 Å². The van der Waals surface area contributed by atoms with Gasteiger partial charge in [0.1, 0.15) is 12.2 Å². The van der Waals surface area contributed by atoms with Gasteiger partial charge in [-0.15, -0.1) is 5.10 Å². The monoisotopic (exact) mass is 310 g/mol. The Kier molecular flexibility index (Phi) is 4.28. The van der Waals surface area contributed by atoms with E-state index in [-0.39, 0.29) is 5.88 Å². The number of carbonyl (C=O) groups is 1. The van der Waals surface area contributed by atoms with E-state index in [1.807, 2.05) is 55.6 Å². The van der Waals surface area contributed by atoms with Gasteiger partial charge in [-0.05, 0) is 37.1 Å². The summed E-state index contributed by atoms with van der Waals surface area (Å²) in [6, 6.07) is 13.6. The molecular weight excluding hydrogens is 292 g/mol. The highest BCUT2D eigenvalue weighted by molar-refractivity contribution is 5.99. The molecule has 0 amide bonds. The van der Waals surface area contributed by atoms with E-state index in [9.17, 15) is 4.79 Å². The van der Waals surface area contributed by atoms with Crippen molar-refractivity contribution in [2.45, 2.75) is 20.5 Å². The minimum Gasteiger partial charge on any atom is -0.471 e. The standard InChI is InChI=1S/C18H18N2O3/c1-3-22-18(21)16-15-11-13(2)9-10-20(15)19-17(16)23-12-14-7-5-4-6-8-14/h4-11H,3,12H2,1-2H3. The third kappa shape index (κ3) is 3.18. The van der Waals surface area contributed by atoms with Gasteiger partial charge in [0.25, 0.3) is 0 Å². The first kappa shape index (κ1) is 15.1. The maximum absolute atomic E-state index is 12.3. The van der Waals surface area contributed by atoms with Gasteiger partial charge in [0, 0.05) is 6.20 Å². The molecule has 1 aromatic carbocycles. The van der Waals surface area contributed by atoms with Gasteiger partial charge in [0.2, 0.25) is 5.88 Å². The number of aromatic nitrogens is 2. The lowest BCUT2D eigenvalue weighted by molar-refractivity contribution is 0.0523. The van der Waals surface area contributed by atoms with Gasteiger partial charge < -0.3 is 9.47 Å². The van der Waals surface area contributed by atoms with Gasteiger partial charge in [0.15, 0.2) is 0 Å². The maximum Gasteiger partial charge on any atom is 0.345 e. The third-order valence-electron chi connectivity index (χ3n) is 3.46. The number of benzene rings is 1. The van der Waals surface area contributed by atoms with Gasteiger partial charge in [-0.2, -0.15) is 0 Å². The fraction of sp³-hybridized carbons (Fsp3) is 0.222. The highest BCUT2D eigenvalue weighted by Gasteiger charge is 2.22. The zero-order valence-electron chi connectivity index (χ0n) is 13.2. The number of nitrogens with zero attached hydrogens (tertiary/aromatic N) is 2. The average Bonchev–Trinajstić information content (AvgIpc) is 2.91. The second-order valence-electron chi connectivity index (χ2n) is 5.21. The predicted molar refractivity (Wildman–Crippen MR) is 86.7 cm³/mol. The Morgan fingerprint density at radius 3 is 2.74 bits per heavy atom. The Balaban J connectivity index is 1.97. The molecule has 5 nitrogen and oxygen atoms in total. The summed E-state index contributed by atoms with van der Waals surface area (Å²) in [6.07, 6.45) is 1.81. The van der Waals surface area contributed by atoms with Crippen LogP contribution in [0.1, 0.15) is 28.4 Å². The van der Waals surface area contributed by atoms with Crippen LogP contribution in [0.4, 0.5) is 0 Å². The summed E-state index contributed by atoms with van der Waals surface area (Å²) in [4.78, 5) is 12.3. The van der Waals surface area contributed by atoms with Crippen LogP contribution in [0.25, 0.3) is 5.52 Å². The number of carbonyl (C=O) groups excluding carboxylic acids is 1. The van der Waals surface area contributed by atoms with E-state index in [2.05, 4.69) is 5.10 Å². The molecule has 5 heteroatoms. The van der Waals surface area contributed by atoms with E-state index < -0.39 is 5.97 Å². The molecule has 0 radical (unpaired) electrons. The van der Waals surface area contributed by atoms with Crippen LogP contribution in [-0.2, 0) is 11.3 Å². The summed E-state index contributed by atoms with van der Waals surface area (Å²) >= 11 is 0. The van der Waals surface area contributed by atoms with Gasteiger partial charge in [0.05, 0.1) is 12.1 Å². The lowest BCUT2D eigenvalue weighted by Gasteiger charge is -2.05. The topological polar surface area (TPSA) is 52.8 Å². The van der Waals surface area contributed by atoms with Crippen molar-refractivity contribution in [2.24, 2.45) is 0 Å². The van der Waals surface area contributed by atoms with Crippen molar-refractivity contribution in [1.82, 2.24) is 9.61 Å². The first-order valence-electron chi connectivity index (χ1n) is 7.52. The SMILES string of the molecule is CCOC(=O)c1c(OCc2ccccc2)nn2ccc(C)cc12. The molecule has 0 spiro atoms. The second-order valence-corrected chi connectivity index (χ2v) is 5.21. The van der Waals surface area contributed by atoms with Crippen molar-refractivity contribution in [2.75, 3.05) is 6.61 Å². The summed E-state index contributed by atoms with van der Waals surface area (Å²) in [6.45, 7) is 4.39. The Labute approximate surface area is 134 Å². The molecule has 0 aliphatic rings. The third-order valence-corrected chi connectivity index (χ3v) is 3.46. The van der Waals surface area contributed by atoms with Crippen LogP contribution in [0.2, 0.25) is 0 Å². The number of esters is 1. The first-order valence-corrected chi connectivity index (χ1v) is 7.52. The van der Waals surface area contributed by atoms with Crippen molar-refractivity contribution in [1.29, 1.82) is 0 Å². The molecule has 3 rings (SSSR count). The first-order chi connectivity index (χ1) is 11.2. The zero-order valence-corrected chi connectivity index (χ0v) is 13.2. The van der Waals surface area contributed by atoms with Crippen molar-refractivity contribution >= 4 is 11.5 Å². The summed E-state index contributed by atoms with van der Waals surface area (Å²) < 4.78 is 12.6. The molecule has 0 fully saturated rings. The van der Waals surface area contributed by atoms with Crippen molar-refractivity contribution < 1.29 is 14.3 Å². The summed E-state index contributed by atoms with van der Waals surface area (Å²) in [5, 5.41) is 4.37. The zero-order chi connectivity index (χ0) is 16.2. The van der Waals surface area contributed by atoms with E-state index >= 15 is 0 Å². The normalized spacial score (nSPS) is 10.7. The summed E-state index contributed by atoms with van der Waals surface area (Å²) in [7, 11) is 0. The maximum atomic E-state index is 12.3. The molecule has 0 N–H and O–H groups in total. The number of hydrogen-bond donors (Lipinski definition) is 0. The Morgan fingerprint density at radius 2 is 2.00 bits per heavy atom. The minimum absolute atomic E-state index is 0.290. The molecule has 0 aliphatic heterocycles. The van der Waals surface area contributed by atoms with E-state index in [0.717, 1.165) is 11.1 Å². The molecule has 0 bridgehead atoms. The number of pyridine rings is 1. The quantitative estimate of drug-likeness (QED) is 0.678. The van der Waals surface area contributed by atoms with Gasteiger partial charge in [-0.3, -0.25) is 0 Å². The molecule has 0 saturated carbocycles. The van der Waals surface area contributed by atoms with Gasteiger partial charge >= 0.3 is 5.97 Å². The number of aryl methyl sites for hydroxylation is 1. The largest absolute Gasteiger partial charge is 0.471 e. The Bertz CT molecular complexity index is 825. The van der Waals surface area contributed by atoms with Crippen molar-refractivity contribution in [3.05, 3.63) is 65.4 Å². The number of fused-ring (bicyclic) bond motifs is 1. The van der Waals surface area contributed by atoms with Crippen molar-refractivity contribution in [3.8, 4) is 5.88 Å². The predicted octanol–water partition coefficient (Wildman–Crippen LogP) is 3.40. The Hall–Kier alpha value is -2.82. The van der Waals surface area contributed by atoms with Gasteiger partial charge in [-0.25, -0.2) is 9.31 Å². The second kappa shape index (κ2) is 6.52. The summed E-state index contributed by atoms with van der Waals surface area (Å²) in [5.41, 5.74) is 3.10. The smallest absolute Gasteiger partial charge is 0.345 e. The molecule has 0 atom stereocenters. The molecule has 23 heavy (non-hydrogen) atoms. The molecule has 0 unspecified atom stereocenters. The molecule has 0 aliphatic carbocycles. The number of hydrogen-bond acceptors (Lipinski definition) is 4. The van der Waals surface area contributed by atoms with E-state index in [1.54, 1.807) is 11.4 Å². The lowest BCUT2D eigenvalue weighted by Crippen LogP contribution is -2.07. The van der Waals surface area contributed by atoms with Crippen LogP contribution in [0.15, 0.2) is 48.7 Å². The fourth-order valence-corrected chi connectivity index (χ4v) is 2.35. The van der Waals surface area contributed by atoms with Crippen LogP contribution in [0.3, 0.4) is 0 Å². The number of rotatable bonds is 5. The van der Waals surface area contributed by atoms with E-state index in [0.29, 0.717) is 24.3 Å². The molecule has 2 heterocycles. The highest BCUT2D eigenvalue weighted by Crippen LogP contribution is 2.25. The van der Waals surface area contributed by atoms with Crippen LogP contribution in [-0.4, -0.2) is 22.2 Å². The minimum atomic E-state index is -0.420. The fourth-order valence-electron chi connectivity index (χ4n) is 2.35. The average molecular weight is 310 g/mol. The Morgan fingerprint density at radius 1 is 1.22 bits per heavy atom. The molecule has 0 saturated heterocycles. The summed E-state index contributed by atoms with van der Waals surface area (Å²) in [5.74, 6) is -0.130. The van der Waals surface area contributed by atoms with Gasteiger partial charge in [-0.1, -0.05) is 30.3 Å². The molecule has 2 aromatic heterocycles. The van der Waals surface area contributed by atoms with E-state index in [1.165, 1.54) is 0 Å². The van der Waals surface area contributed by atoms with Crippen LogP contribution >= 0.6 is 0 Å². The highest BCUT2D eigenvalue weighted by atomic mass is 16.5. The van der Waals surface area contributed by atoms with E-state index in [4.69, 9.17) is 9.47 Å². The van der Waals surface area contributed by atoms with Crippen molar-refractivity contribution in [3.63, 3.8) is 0 Å². The number of ether oxygens (including phenoxy) is 2. The lowest BCUT2D eigenvalue weighted by atomic mass is 10.2. The molecular formula is C18H18N2O3. The molecule has 118 valence electrons.